The zero-order valence-corrected chi connectivity index (χ0v) is 12.6. The molecule has 1 aromatic carbocycles. The molecule has 0 fully saturated rings. The van der Waals surface area contributed by atoms with Crippen molar-refractivity contribution in [2.45, 2.75) is 6.42 Å². The van der Waals surface area contributed by atoms with Crippen molar-refractivity contribution in [3.8, 4) is 5.75 Å². The van der Waals surface area contributed by atoms with Crippen LogP contribution in [0.1, 0.15) is 5.56 Å². The largest absolute Gasteiger partial charge is 0.508 e. The lowest BCUT2D eigenvalue weighted by atomic mass is 8.88. The van der Waals surface area contributed by atoms with Crippen molar-refractivity contribution in [2.24, 2.45) is 0 Å². The van der Waals surface area contributed by atoms with Crippen molar-refractivity contribution in [3.63, 3.8) is 0 Å². The van der Waals surface area contributed by atoms with E-state index in [1.54, 1.807) is 17.6 Å². The molecule has 0 amide bonds. The molecule has 1 nitrogen and oxygen atoms in total. The van der Waals surface area contributed by atoms with Gasteiger partial charge in [0.25, 0.3) is 0 Å². The van der Waals surface area contributed by atoms with E-state index in [-0.39, 0.29) is 0 Å². The van der Waals surface area contributed by atoms with Crippen LogP contribution in [0.15, 0.2) is 35.7 Å². The molecule has 0 saturated heterocycles. The van der Waals surface area contributed by atoms with Crippen molar-refractivity contribution in [3.05, 3.63) is 41.3 Å². The molecule has 0 unspecified atom stereocenters. The van der Waals surface area contributed by atoms with Gasteiger partial charge in [-0.15, -0.1) is 11.4 Å². The predicted octanol–water partition coefficient (Wildman–Crippen LogP) is -4.61. The molecule has 2 rings (SSSR count). The fourth-order valence-electron chi connectivity index (χ4n) is 3.00. The highest BCUT2D eigenvalue weighted by Crippen LogP contribution is 2.12. The molecule has 0 aliphatic carbocycles. The van der Waals surface area contributed by atoms with E-state index in [1.807, 2.05) is 12.1 Å². The molecule has 0 saturated carbocycles. The second-order valence-electron chi connectivity index (χ2n) is 6.07. The van der Waals surface area contributed by atoms with Crippen LogP contribution in [0.3, 0.4) is 0 Å². The van der Waals surface area contributed by atoms with Crippen LogP contribution < -0.4 is 0 Å². The molecule has 0 aromatic heterocycles. The lowest BCUT2D eigenvalue weighted by Gasteiger charge is -2.07. The highest BCUT2D eigenvalue weighted by Gasteiger charge is 2.07. The molecular formula is C9H18B10O. The summed E-state index contributed by atoms with van der Waals surface area (Å²) in [6.45, 7) is 0. The number of phenolic OH excluding ortho intramolecular Hbond substituents is 1. The van der Waals surface area contributed by atoms with Gasteiger partial charge < -0.3 is 5.11 Å². The smallest absolute Gasteiger partial charge is 0.115 e. The molecule has 0 spiro atoms. The Labute approximate surface area is 129 Å². The summed E-state index contributed by atoms with van der Waals surface area (Å²) in [5, 5.41) is 9.36. The summed E-state index contributed by atoms with van der Waals surface area (Å²) >= 11 is 0. The number of hydrogen-bond acceptors (Lipinski definition) is 1. The monoisotopic (exact) mass is 252 g/mol. The first kappa shape index (κ1) is 15.8. The summed E-state index contributed by atoms with van der Waals surface area (Å²) in [4.78, 5) is 0. The third-order valence-corrected chi connectivity index (χ3v) is 4.25. The van der Waals surface area contributed by atoms with E-state index in [0.29, 0.717) is 5.75 Å². The fraction of sp³-hybridized carbons (Fsp3) is 0.111. The van der Waals surface area contributed by atoms with Gasteiger partial charge in [0.2, 0.25) is 0 Å². The summed E-state index contributed by atoms with van der Waals surface area (Å²) in [6.07, 6.45) is 1.06. The van der Waals surface area contributed by atoms with Crippen molar-refractivity contribution in [2.75, 3.05) is 0 Å². The van der Waals surface area contributed by atoms with Crippen LogP contribution in [-0.2, 0) is 6.42 Å². The Bertz CT molecular complexity index is 421. The first-order chi connectivity index (χ1) is 9.84. The molecule has 0 atom stereocenters. The minimum atomic E-state index is 0.362. The van der Waals surface area contributed by atoms with E-state index < -0.39 is 0 Å². The highest BCUT2D eigenvalue weighted by molar-refractivity contribution is 7.69. The molecule has 1 N–H and O–H groups in total. The molecule has 1 aliphatic heterocycles. The number of aromatic hydroxyl groups is 1. The summed E-state index contributed by atoms with van der Waals surface area (Å²) in [7, 11) is 13.6. The van der Waals surface area contributed by atoms with Gasteiger partial charge in [0.15, 0.2) is 0 Å². The van der Waals surface area contributed by atoms with Gasteiger partial charge in [-0.2, -0.15) is 0 Å². The van der Waals surface area contributed by atoms with E-state index in [1.165, 1.54) is 76.4 Å². The minimum absolute atomic E-state index is 0.362. The van der Waals surface area contributed by atoms with Crippen LogP contribution in [-0.4, -0.2) is 75.9 Å². The molecule has 1 aromatic rings. The molecule has 1 aliphatic rings. The van der Waals surface area contributed by atoms with Gasteiger partial charge in [-0.3, -0.25) is 0 Å². The first-order valence-corrected chi connectivity index (χ1v) is 8.30. The van der Waals surface area contributed by atoms with Crippen LogP contribution >= 0.6 is 0 Å². The lowest BCUT2D eigenvalue weighted by Crippen LogP contribution is -2.34. The van der Waals surface area contributed by atoms with Crippen LogP contribution in [0.2, 0.25) is 0 Å². The van der Waals surface area contributed by atoms with Gasteiger partial charge in [-0.05, 0) is 24.1 Å². The van der Waals surface area contributed by atoms with E-state index in [2.05, 4.69) is 5.98 Å². The van der Waals surface area contributed by atoms with Crippen LogP contribution in [0.5, 0.6) is 5.75 Å². The van der Waals surface area contributed by atoms with Crippen molar-refractivity contribution < 1.29 is 5.11 Å². The predicted molar refractivity (Wildman–Crippen MR) is 111 cm³/mol. The Hall–Kier alpha value is -0.591. The summed E-state index contributed by atoms with van der Waals surface area (Å²) < 4.78 is 0. The quantitative estimate of drug-likeness (QED) is 0.524. The van der Waals surface area contributed by atoms with Gasteiger partial charge in [0.1, 0.15) is 20.1 Å². The van der Waals surface area contributed by atoms with E-state index >= 15 is 0 Å². The first-order valence-electron chi connectivity index (χ1n) is 8.30. The van der Waals surface area contributed by atoms with Gasteiger partial charge in [0.05, 0.1) is 14.1 Å². The van der Waals surface area contributed by atoms with Crippen molar-refractivity contribution in [1.82, 2.24) is 0 Å². The summed E-state index contributed by atoms with van der Waals surface area (Å²) in [6, 6.07) is 7.69. The van der Waals surface area contributed by atoms with E-state index in [4.69, 9.17) is 0 Å². The van der Waals surface area contributed by atoms with Crippen LogP contribution in [0.4, 0.5) is 0 Å². The summed E-state index contributed by atoms with van der Waals surface area (Å²) in [5.41, 5.74) is 2.91. The van der Waals surface area contributed by atoms with Gasteiger partial charge in [-0.1, -0.05) is 12.1 Å². The zero-order chi connectivity index (χ0) is 14.0. The zero-order valence-electron chi connectivity index (χ0n) is 12.6. The fourth-order valence-corrected chi connectivity index (χ4v) is 3.00. The second-order valence-corrected chi connectivity index (χ2v) is 6.07. The Kier molecular flexibility index (Phi) is 7.39. The van der Waals surface area contributed by atoms with E-state index in [0.717, 1.165) is 6.42 Å². The Morgan fingerprint density at radius 3 is 2.05 bits per heavy atom. The van der Waals surface area contributed by atoms with Gasteiger partial charge in [0, 0.05) is 42.4 Å². The van der Waals surface area contributed by atoms with Gasteiger partial charge in [-0.25, -0.2) is 0 Å². The topological polar surface area (TPSA) is 20.2 Å². The number of rotatable bonds is 2. The lowest BCUT2D eigenvalue weighted by molar-refractivity contribution is 0.475. The minimum Gasteiger partial charge on any atom is -0.508 e. The van der Waals surface area contributed by atoms with Crippen molar-refractivity contribution >= 4 is 70.8 Å². The average Bonchev–Trinajstić information content (AvgIpc) is 2.44. The standard InChI is InChI=1S/C9H18B10O/c20-9-3-1-7(2-4-9)5-8-6-10-12-14-16-18-19-17-15-13-11-8/h1-4,6,10-20H,5H2. The third kappa shape index (κ3) is 6.24. The maximum Gasteiger partial charge on any atom is 0.115 e. The maximum absolute atomic E-state index is 9.36. The maximum atomic E-state index is 9.36. The molecule has 20 heavy (non-hydrogen) atoms. The molecule has 0 bridgehead atoms. The normalized spacial score (nSPS) is 14.7. The molecule has 1 heterocycles. The number of benzene rings is 1. The Morgan fingerprint density at radius 2 is 1.35 bits per heavy atom. The number of allylic oxidation sites excluding steroid dienone is 1. The molecule has 11 heteroatoms. The van der Waals surface area contributed by atoms with Gasteiger partial charge >= 0.3 is 0 Å². The molecule has 0 radical (unpaired) electrons. The number of hydrogen-bond donors (Lipinski definition) is 1. The van der Waals surface area contributed by atoms with Crippen molar-refractivity contribution in [1.29, 1.82) is 0 Å². The molecule has 90 valence electrons. The van der Waals surface area contributed by atoms with Crippen LogP contribution in [0.25, 0.3) is 0 Å². The second kappa shape index (κ2) is 9.36. The third-order valence-electron chi connectivity index (χ3n) is 4.25. The Morgan fingerprint density at radius 1 is 0.750 bits per heavy atom. The Balaban J connectivity index is 1.92. The van der Waals surface area contributed by atoms with E-state index in [9.17, 15) is 5.11 Å². The summed E-state index contributed by atoms with van der Waals surface area (Å²) in [5.74, 6) is 2.84. The van der Waals surface area contributed by atoms with Crippen LogP contribution in [0, 0.1) is 0 Å². The average molecular weight is 250 g/mol. The molecular weight excluding hydrogens is 232 g/mol. The SMILES string of the molecule is Oc1ccc(CC2=CBBBBBBBBBB2)cc1. The highest BCUT2D eigenvalue weighted by atomic mass is 16.3. The number of phenols is 1.